The first kappa shape index (κ1) is 14.0. The second-order valence-corrected chi connectivity index (χ2v) is 4.87. The molecular weight excluding hydrogens is 265 g/mol. The highest BCUT2D eigenvalue weighted by molar-refractivity contribution is 6.30. The average molecular weight is 280 g/mol. The second-order valence-electron chi connectivity index (χ2n) is 4.47. The standard InChI is InChI=1S/C15H15ClFNO/c16-14-3-1-2-12(15(14)17)10-13(19)5-4-11-6-8-18-9-7-11/h1-3,6-9,13,19H,4-5,10H2. The zero-order valence-corrected chi connectivity index (χ0v) is 11.1. The van der Waals surface area contributed by atoms with E-state index in [0.29, 0.717) is 12.0 Å². The van der Waals surface area contributed by atoms with Crippen molar-refractivity contribution in [2.24, 2.45) is 0 Å². The van der Waals surface area contributed by atoms with Gasteiger partial charge in [-0.15, -0.1) is 0 Å². The lowest BCUT2D eigenvalue weighted by molar-refractivity contribution is 0.164. The Bertz CT molecular complexity index is 533. The van der Waals surface area contributed by atoms with Gasteiger partial charge in [0.25, 0.3) is 0 Å². The number of rotatable bonds is 5. The monoisotopic (exact) mass is 279 g/mol. The van der Waals surface area contributed by atoms with Crippen molar-refractivity contribution in [3.63, 3.8) is 0 Å². The van der Waals surface area contributed by atoms with Gasteiger partial charge in [0.15, 0.2) is 0 Å². The van der Waals surface area contributed by atoms with Gasteiger partial charge in [0.1, 0.15) is 5.82 Å². The minimum Gasteiger partial charge on any atom is -0.393 e. The summed E-state index contributed by atoms with van der Waals surface area (Å²) >= 11 is 5.71. The number of halogens is 2. The third-order valence-corrected chi connectivity index (χ3v) is 3.29. The number of aryl methyl sites for hydroxylation is 1. The number of pyridine rings is 1. The van der Waals surface area contributed by atoms with Crippen LogP contribution < -0.4 is 0 Å². The quantitative estimate of drug-likeness (QED) is 0.910. The number of nitrogens with zero attached hydrogens (tertiary/aromatic N) is 1. The molecule has 0 saturated heterocycles. The molecule has 1 aromatic carbocycles. The molecule has 1 aromatic heterocycles. The van der Waals surface area contributed by atoms with Crippen molar-refractivity contribution in [2.45, 2.75) is 25.4 Å². The fourth-order valence-electron chi connectivity index (χ4n) is 1.94. The smallest absolute Gasteiger partial charge is 0.145 e. The number of aliphatic hydroxyl groups is 1. The lowest BCUT2D eigenvalue weighted by Crippen LogP contribution is -2.12. The zero-order valence-electron chi connectivity index (χ0n) is 10.4. The first-order chi connectivity index (χ1) is 9.16. The maximum Gasteiger partial charge on any atom is 0.145 e. The van der Waals surface area contributed by atoms with Crippen molar-refractivity contribution in [3.8, 4) is 0 Å². The third-order valence-electron chi connectivity index (χ3n) is 3.00. The van der Waals surface area contributed by atoms with Crippen LogP contribution in [-0.4, -0.2) is 16.2 Å². The van der Waals surface area contributed by atoms with Crippen LogP contribution in [0.3, 0.4) is 0 Å². The summed E-state index contributed by atoms with van der Waals surface area (Å²) in [5.41, 5.74) is 1.57. The molecule has 4 heteroatoms. The summed E-state index contributed by atoms with van der Waals surface area (Å²) in [6.07, 6.45) is 4.46. The maximum atomic E-state index is 13.7. The first-order valence-electron chi connectivity index (χ1n) is 6.16. The van der Waals surface area contributed by atoms with E-state index in [-0.39, 0.29) is 11.4 Å². The Balaban J connectivity index is 1.91. The topological polar surface area (TPSA) is 33.1 Å². The highest BCUT2D eigenvalue weighted by Crippen LogP contribution is 2.20. The first-order valence-corrected chi connectivity index (χ1v) is 6.54. The van der Waals surface area contributed by atoms with E-state index in [9.17, 15) is 9.50 Å². The van der Waals surface area contributed by atoms with Crippen LogP contribution in [0.2, 0.25) is 5.02 Å². The van der Waals surface area contributed by atoms with Gasteiger partial charge in [0.2, 0.25) is 0 Å². The summed E-state index contributed by atoms with van der Waals surface area (Å²) in [5, 5.41) is 10.1. The van der Waals surface area contributed by atoms with E-state index in [1.165, 1.54) is 6.07 Å². The Morgan fingerprint density at radius 3 is 2.68 bits per heavy atom. The molecule has 0 saturated carbocycles. The SMILES string of the molecule is OC(CCc1ccncc1)Cc1cccc(Cl)c1F. The molecule has 0 radical (unpaired) electrons. The fourth-order valence-corrected chi connectivity index (χ4v) is 2.14. The molecule has 2 rings (SSSR count). The molecule has 0 fully saturated rings. The van der Waals surface area contributed by atoms with Crippen LogP contribution in [0.15, 0.2) is 42.7 Å². The lowest BCUT2D eigenvalue weighted by Gasteiger charge is -2.11. The molecule has 19 heavy (non-hydrogen) atoms. The number of hydrogen-bond donors (Lipinski definition) is 1. The van der Waals surface area contributed by atoms with Gasteiger partial charge in [-0.3, -0.25) is 4.98 Å². The second kappa shape index (κ2) is 6.64. The Morgan fingerprint density at radius 2 is 1.95 bits per heavy atom. The molecule has 0 aliphatic heterocycles. The van der Waals surface area contributed by atoms with Crippen molar-refractivity contribution in [2.75, 3.05) is 0 Å². The summed E-state index contributed by atoms with van der Waals surface area (Å²) in [7, 11) is 0. The molecule has 2 nitrogen and oxygen atoms in total. The normalized spacial score (nSPS) is 12.4. The van der Waals surface area contributed by atoms with Crippen LogP contribution in [0.1, 0.15) is 17.5 Å². The summed E-state index contributed by atoms with van der Waals surface area (Å²) in [6, 6.07) is 8.66. The van der Waals surface area contributed by atoms with E-state index in [1.807, 2.05) is 12.1 Å². The van der Waals surface area contributed by atoms with Crippen LogP contribution in [0.5, 0.6) is 0 Å². The Hall–Kier alpha value is -1.45. The average Bonchev–Trinajstić information content (AvgIpc) is 2.43. The fraction of sp³-hybridized carbons (Fsp3) is 0.267. The van der Waals surface area contributed by atoms with E-state index in [2.05, 4.69) is 4.98 Å². The van der Waals surface area contributed by atoms with Gasteiger partial charge in [0.05, 0.1) is 11.1 Å². The van der Waals surface area contributed by atoms with E-state index >= 15 is 0 Å². The Morgan fingerprint density at radius 1 is 1.21 bits per heavy atom. The zero-order chi connectivity index (χ0) is 13.7. The molecule has 0 amide bonds. The number of aromatic nitrogens is 1. The molecule has 0 spiro atoms. The van der Waals surface area contributed by atoms with Gasteiger partial charge in [-0.1, -0.05) is 23.7 Å². The van der Waals surface area contributed by atoms with E-state index in [1.54, 1.807) is 24.5 Å². The van der Waals surface area contributed by atoms with Crippen LogP contribution in [0.4, 0.5) is 4.39 Å². The molecule has 100 valence electrons. The van der Waals surface area contributed by atoms with Crippen molar-refractivity contribution >= 4 is 11.6 Å². The molecule has 2 aromatic rings. The van der Waals surface area contributed by atoms with Gasteiger partial charge in [-0.25, -0.2) is 4.39 Å². The molecule has 1 heterocycles. The summed E-state index contributed by atoms with van der Waals surface area (Å²) in [5.74, 6) is -0.438. The van der Waals surface area contributed by atoms with Crippen LogP contribution in [-0.2, 0) is 12.8 Å². The van der Waals surface area contributed by atoms with Crippen molar-refractivity contribution < 1.29 is 9.50 Å². The van der Waals surface area contributed by atoms with Crippen LogP contribution >= 0.6 is 11.6 Å². The van der Waals surface area contributed by atoms with Gasteiger partial charge in [0, 0.05) is 18.8 Å². The van der Waals surface area contributed by atoms with E-state index in [4.69, 9.17) is 11.6 Å². The minimum atomic E-state index is -0.582. The highest BCUT2D eigenvalue weighted by Gasteiger charge is 2.11. The van der Waals surface area contributed by atoms with Gasteiger partial charge in [-0.05, 0) is 42.2 Å². The molecular formula is C15H15ClFNO. The Kier molecular flexibility index (Phi) is 4.88. The summed E-state index contributed by atoms with van der Waals surface area (Å²) < 4.78 is 13.7. The maximum absolute atomic E-state index is 13.7. The highest BCUT2D eigenvalue weighted by atomic mass is 35.5. The number of hydrogen-bond acceptors (Lipinski definition) is 2. The molecule has 1 atom stereocenters. The van der Waals surface area contributed by atoms with Crippen LogP contribution in [0, 0.1) is 5.82 Å². The molecule has 0 aliphatic carbocycles. The van der Waals surface area contributed by atoms with Gasteiger partial charge in [-0.2, -0.15) is 0 Å². The van der Waals surface area contributed by atoms with E-state index in [0.717, 1.165) is 12.0 Å². The van der Waals surface area contributed by atoms with Crippen molar-refractivity contribution in [3.05, 3.63) is 64.7 Å². The van der Waals surface area contributed by atoms with Gasteiger partial charge >= 0.3 is 0 Å². The number of benzene rings is 1. The molecule has 0 aliphatic rings. The van der Waals surface area contributed by atoms with Crippen LogP contribution in [0.25, 0.3) is 0 Å². The van der Waals surface area contributed by atoms with Crippen molar-refractivity contribution in [1.82, 2.24) is 4.98 Å². The van der Waals surface area contributed by atoms with E-state index < -0.39 is 11.9 Å². The Labute approximate surface area is 116 Å². The van der Waals surface area contributed by atoms with Gasteiger partial charge < -0.3 is 5.11 Å². The largest absolute Gasteiger partial charge is 0.393 e. The predicted octanol–water partition coefficient (Wildman–Crippen LogP) is 3.41. The minimum absolute atomic E-state index is 0.0961. The molecule has 1 N–H and O–H groups in total. The van der Waals surface area contributed by atoms with Crippen molar-refractivity contribution in [1.29, 1.82) is 0 Å². The molecule has 0 bridgehead atoms. The molecule has 1 unspecified atom stereocenters. The summed E-state index contributed by atoms with van der Waals surface area (Å²) in [6.45, 7) is 0. The predicted molar refractivity (Wildman–Crippen MR) is 73.7 cm³/mol. The lowest BCUT2D eigenvalue weighted by atomic mass is 10.0. The number of aliphatic hydroxyl groups excluding tert-OH is 1. The summed E-state index contributed by atoms with van der Waals surface area (Å²) in [4.78, 5) is 3.93. The third kappa shape index (κ3) is 4.01.